The molecule has 0 atom stereocenters. The highest BCUT2D eigenvalue weighted by atomic mass is 35.5. The van der Waals surface area contributed by atoms with Crippen molar-refractivity contribution in [3.05, 3.63) is 127 Å². The van der Waals surface area contributed by atoms with Crippen LogP contribution in [-0.2, 0) is 0 Å². The summed E-state index contributed by atoms with van der Waals surface area (Å²) in [5, 5.41) is 0.730. The Morgan fingerprint density at radius 1 is 0.677 bits per heavy atom. The molecular weight excluding hydrogens is 400 g/mol. The van der Waals surface area contributed by atoms with E-state index >= 15 is 0 Å². The Labute approximate surface area is 187 Å². The minimum absolute atomic E-state index is 0.619. The molecule has 0 aliphatic carbocycles. The number of halogens is 1. The number of nitrogens with zero attached hydrogens (tertiary/aromatic N) is 2. The monoisotopic (exact) mass is 420 g/mol. The van der Waals surface area contributed by atoms with Gasteiger partial charge in [0.25, 0.3) is 0 Å². The van der Waals surface area contributed by atoms with Crippen LogP contribution in [0.5, 0.6) is 0 Å². The van der Waals surface area contributed by atoms with E-state index in [4.69, 9.17) is 21.6 Å². The quantitative estimate of drug-likeness (QED) is 0.296. The summed E-state index contributed by atoms with van der Waals surface area (Å²) in [7, 11) is 0. The van der Waals surface area contributed by atoms with Crippen molar-refractivity contribution in [2.24, 2.45) is 0 Å². The Morgan fingerprint density at radius 2 is 1.19 bits per heavy atom. The average molecular weight is 421 g/mol. The van der Waals surface area contributed by atoms with Gasteiger partial charge in [-0.15, -0.1) is 0 Å². The van der Waals surface area contributed by atoms with E-state index in [2.05, 4.69) is 37.4 Å². The van der Waals surface area contributed by atoms with Crippen LogP contribution in [0, 0.1) is 0 Å². The molecule has 0 spiro atoms. The molecule has 2 nitrogen and oxygen atoms in total. The lowest BCUT2D eigenvalue weighted by Gasteiger charge is -2.10. The van der Waals surface area contributed by atoms with Gasteiger partial charge in [0.15, 0.2) is 5.82 Å². The molecule has 0 saturated heterocycles. The largest absolute Gasteiger partial charge is 0.228 e. The molecule has 150 valence electrons. The van der Waals surface area contributed by atoms with E-state index in [1.165, 1.54) is 0 Å². The van der Waals surface area contributed by atoms with Crippen LogP contribution < -0.4 is 0 Å². The maximum atomic E-state index is 6.01. The van der Waals surface area contributed by atoms with Gasteiger partial charge in [-0.3, -0.25) is 0 Å². The maximum absolute atomic E-state index is 6.01. The van der Waals surface area contributed by atoms with Crippen LogP contribution in [0.25, 0.3) is 39.2 Å². The van der Waals surface area contributed by atoms with Crippen LogP contribution in [0.1, 0.15) is 5.82 Å². The van der Waals surface area contributed by atoms with E-state index in [1.807, 2.05) is 66.7 Å². The second-order valence-electron chi connectivity index (χ2n) is 6.97. The first-order valence-electron chi connectivity index (χ1n) is 9.94. The first-order valence-corrected chi connectivity index (χ1v) is 10.3. The van der Waals surface area contributed by atoms with E-state index in [0.29, 0.717) is 5.82 Å². The van der Waals surface area contributed by atoms with Gasteiger partial charge in [-0.25, -0.2) is 9.97 Å². The second-order valence-corrected chi connectivity index (χ2v) is 7.41. The zero-order valence-corrected chi connectivity index (χ0v) is 17.8. The molecule has 0 aliphatic heterocycles. The zero-order chi connectivity index (χ0) is 21.6. The van der Waals surface area contributed by atoms with Gasteiger partial charge in [-0.1, -0.05) is 110 Å². The predicted molar refractivity (Wildman–Crippen MR) is 132 cm³/mol. The lowest BCUT2D eigenvalue weighted by Crippen LogP contribution is -1.98. The summed E-state index contributed by atoms with van der Waals surface area (Å²) >= 11 is 6.01. The van der Waals surface area contributed by atoms with Gasteiger partial charge in [0, 0.05) is 21.7 Å². The molecule has 0 unspecified atom stereocenters. The minimum Gasteiger partial charge on any atom is -0.228 e. The van der Waals surface area contributed by atoms with Gasteiger partial charge in [-0.05, 0) is 29.3 Å². The van der Waals surface area contributed by atoms with E-state index in [1.54, 1.807) is 12.2 Å². The number of hydrogen-bond donors (Lipinski definition) is 0. The molecule has 0 saturated carbocycles. The lowest BCUT2D eigenvalue weighted by molar-refractivity contribution is 1.13. The Kier molecular flexibility index (Phi) is 6.21. The first-order chi connectivity index (χ1) is 15.2. The summed E-state index contributed by atoms with van der Waals surface area (Å²) in [5.41, 5.74) is 6.82. The Bertz CT molecular complexity index is 1240. The van der Waals surface area contributed by atoms with Crippen molar-refractivity contribution in [3.8, 4) is 33.6 Å². The number of allylic oxidation sites excluding steroid dienone is 4. The van der Waals surface area contributed by atoms with E-state index in [-0.39, 0.29) is 0 Å². The van der Waals surface area contributed by atoms with Crippen LogP contribution in [-0.4, -0.2) is 9.97 Å². The number of hydrogen-bond acceptors (Lipinski definition) is 2. The summed E-state index contributed by atoms with van der Waals surface area (Å²) in [6.45, 7) is 7.70. The molecule has 4 rings (SSSR count). The predicted octanol–water partition coefficient (Wildman–Crippen LogP) is 7.89. The highest BCUT2D eigenvalue weighted by Crippen LogP contribution is 2.28. The van der Waals surface area contributed by atoms with E-state index in [9.17, 15) is 0 Å². The SMILES string of the molecule is C=C/C=C(\C=C)c1nc(-c2ccccc2)cc(-c2ccc(-c3ccc(Cl)cc3)cc2)n1. The minimum atomic E-state index is 0.619. The van der Waals surface area contributed by atoms with E-state index < -0.39 is 0 Å². The summed E-state index contributed by atoms with van der Waals surface area (Å²) in [4.78, 5) is 9.60. The van der Waals surface area contributed by atoms with Gasteiger partial charge in [0.05, 0.1) is 11.4 Å². The molecule has 0 fully saturated rings. The third kappa shape index (κ3) is 4.71. The molecule has 0 bridgehead atoms. The molecule has 0 N–H and O–H groups in total. The molecule has 0 amide bonds. The Balaban J connectivity index is 1.79. The molecule has 0 aliphatic rings. The van der Waals surface area contributed by atoms with Crippen molar-refractivity contribution < 1.29 is 0 Å². The molecular formula is C28H21ClN2. The normalized spacial score (nSPS) is 11.2. The third-order valence-electron chi connectivity index (χ3n) is 4.93. The summed E-state index contributed by atoms with van der Waals surface area (Å²) in [6, 6.07) is 28.3. The molecule has 3 heteroatoms. The molecule has 0 radical (unpaired) electrons. The Morgan fingerprint density at radius 3 is 1.74 bits per heavy atom. The van der Waals surface area contributed by atoms with Crippen molar-refractivity contribution in [3.63, 3.8) is 0 Å². The van der Waals surface area contributed by atoms with Gasteiger partial charge >= 0.3 is 0 Å². The molecule has 1 aromatic heterocycles. The van der Waals surface area contributed by atoms with Crippen molar-refractivity contribution in [1.29, 1.82) is 0 Å². The summed E-state index contributed by atoms with van der Waals surface area (Å²) in [6.07, 6.45) is 5.33. The van der Waals surface area contributed by atoms with Crippen molar-refractivity contribution in [2.45, 2.75) is 0 Å². The number of aromatic nitrogens is 2. The number of rotatable bonds is 6. The highest BCUT2D eigenvalue weighted by molar-refractivity contribution is 6.30. The molecule has 31 heavy (non-hydrogen) atoms. The fourth-order valence-electron chi connectivity index (χ4n) is 3.32. The topological polar surface area (TPSA) is 25.8 Å². The van der Waals surface area contributed by atoms with Crippen molar-refractivity contribution in [2.75, 3.05) is 0 Å². The average Bonchev–Trinajstić information content (AvgIpc) is 2.83. The maximum Gasteiger partial charge on any atom is 0.160 e. The van der Waals surface area contributed by atoms with Crippen LogP contribution in [0.3, 0.4) is 0 Å². The van der Waals surface area contributed by atoms with Gasteiger partial charge in [-0.2, -0.15) is 0 Å². The summed E-state index contributed by atoms with van der Waals surface area (Å²) < 4.78 is 0. The molecule has 4 aromatic rings. The fraction of sp³-hybridized carbons (Fsp3) is 0. The van der Waals surface area contributed by atoms with Crippen LogP contribution in [0.4, 0.5) is 0 Å². The third-order valence-corrected chi connectivity index (χ3v) is 5.18. The van der Waals surface area contributed by atoms with Crippen LogP contribution in [0.2, 0.25) is 5.02 Å². The first kappa shape index (κ1) is 20.5. The molecule has 3 aromatic carbocycles. The van der Waals surface area contributed by atoms with Crippen molar-refractivity contribution >= 4 is 17.2 Å². The Hall–Kier alpha value is -3.75. The van der Waals surface area contributed by atoms with Crippen LogP contribution in [0.15, 0.2) is 116 Å². The summed E-state index contributed by atoms with van der Waals surface area (Å²) in [5.74, 6) is 0.619. The van der Waals surface area contributed by atoms with E-state index in [0.717, 1.165) is 44.2 Å². The van der Waals surface area contributed by atoms with Gasteiger partial charge in [0.1, 0.15) is 0 Å². The highest BCUT2D eigenvalue weighted by Gasteiger charge is 2.11. The second kappa shape index (κ2) is 9.38. The smallest absolute Gasteiger partial charge is 0.160 e. The van der Waals surface area contributed by atoms with Crippen LogP contribution >= 0.6 is 11.6 Å². The lowest BCUT2D eigenvalue weighted by atomic mass is 10.0. The zero-order valence-electron chi connectivity index (χ0n) is 17.0. The molecule has 1 heterocycles. The number of benzene rings is 3. The van der Waals surface area contributed by atoms with Gasteiger partial charge in [0.2, 0.25) is 0 Å². The van der Waals surface area contributed by atoms with Gasteiger partial charge < -0.3 is 0 Å². The standard InChI is InChI=1S/C28H21ClN2/c1-3-8-20(4-2)28-30-26(23-9-6-5-7-10-23)19-27(31-28)24-13-11-21(12-14-24)22-15-17-25(29)18-16-22/h3-19H,1-2H2/b20-8+. The fourth-order valence-corrected chi connectivity index (χ4v) is 3.44. The van der Waals surface area contributed by atoms with Crippen molar-refractivity contribution in [1.82, 2.24) is 9.97 Å².